The molecule has 0 saturated carbocycles. The summed E-state index contributed by atoms with van der Waals surface area (Å²) in [6.07, 6.45) is 4.73. The third-order valence-corrected chi connectivity index (χ3v) is 4.51. The lowest BCUT2D eigenvalue weighted by atomic mass is 10.0. The van der Waals surface area contributed by atoms with Crippen LogP contribution in [-0.4, -0.2) is 40.6 Å². The molecule has 1 aliphatic rings. The van der Waals surface area contributed by atoms with Gasteiger partial charge in [0.25, 0.3) is 0 Å². The molecule has 25 heavy (non-hydrogen) atoms. The fourth-order valence-electron chi connectivity index (χ4n) is 3.51. The van der Waals surface area contributed by atoms with Crippen LogP contribution in [-0.2, 0) is 0 Å². The van der Waals surface area contributed by atoms with Gasteiger partial charge in [-0.05, 0) is 38.0 Å². The minimum absolute atomic E-state index is 0.0533. The number of hydrogen-bond donors (Lipinski definition) is 0. The molecule has 1 aromatic rings. The molecule has 0 radical (unpaired) electrons. The minimum Gasteiger partial charge on any atom is -0.350 e. The normalized spacial score (nSPS) is 18.0. The Morgan fingerprint density at radius 2 is 1.88 bits per heavy atom. The van der Waals surface area contributed by atoms with Gasteiger partial charge in [0, 0.05) is 25.7 Å². The molecule has 0 amide bonds. The summed E-state index contributed by atoms with van der Waals surface area (Å²) in [6.45, 7) is 12.9. The second-order valence-electron chi connectivity index (χ2n) is 7.86. The van der Waals surface area contributed by atoms with E-state index in [0.717, 1.165) is 38.9 Å². The van der Waals surface area contributed by atoms with Gasteiger partial charge in [0.05, 0.1) is 4.92 Å². The first-order chi connectivity index (χ1) is 11.8. The molecule has 0 aromatic carbocycles. The molecule has 7 nitrogen and oxygen atoms in total. The number of anilines is 2. The van der Waals surface area contributed by atoms with Crippen LogP contribution in [0.5, 0.6) is 0 Å². The second kappa shape index (κ2) is 8.45. The van der Waals surface area contributed by atoms with Crippen LogP contribution >= 0.6 is 0 Å². The Morgan fingerprint density at radius 3 is 2.40 bits per heavy atom. The lowest BCUT2D eigenvalue weighted by molar-refractivity contribution is -0.383. The number of piperidine rings is 1. The van der Waals surface area contributed by atoms with E-state index in [4.69, 9.17) is 0 Å². The number of aromatic nitrogens is 2. The van der Waals surface area contributed by atoms with E-state index in [1.54, 1.807) is 0 Å². The van der Waals surface area contributed by atoms with E-state index in [1.807, 2.05) is 4.90 Å². The van der Waals surface area contributed by atoms with Gasteiger partial charge in [-0.1, -0.05) is 27.7 Å². The van der Waals surface area contributed by atoms with Gasteiger partial charge in [-0.25, -0.2) is 9.97 Å². The van der Waals surface area contributed by atoms with Crippen molar-refractivity contribution in [3.8, 4) is 0 Å². The highest BCUT2D eigenvalue weighted by atomic mass is 16.6. The summed E-state index contributed by atoms with van der Waals surface area (Å²) in [6, 6.07) is 0.263. The van der Waals surface area contributed by atoms with Crippen molar-refractivity contribution in [3.63, 3.8) is 0 Å². The van der Waals surface area contributed by atoms with Crippen LogP contribution in [0.2, 0.25) is 0 Å². The van der Waals surface area contributed by atoms with E-state index < -0.39 is 0 Å². The predicted molar refractivity (Wildman–Crippen MR) is 101 cm³/mol. The van der Waals surface area contributed by atoms with Crippen LogP contribution in [0.4, 0.5) is 17.3 Å². The van der Waals surface area contributed by atoms with Crippen molar-refractivity contribution in [2.45, 2.75) is 59.9 Å². The predicted octanol–water partition coefficient (Wildman–Crippen LogP) is 3.88. The number of rotatable bonds is 7. The van der Waals surface area contributed by atoms with Crippen molar-refractivity contribution in [2.75, 3.05) is 29.4 Å². The van der Waals surface area contributed by atoms with Crippen molar-refractivity contribution < 1.29 is 4.92 Å². The summed E-state index contributed by atoms with van der Waals surface area (Å²) in [7, 11) is 0. The largest absolute Gasteiger partial charge is 0.353 e. The zero-order chi connectivity index (χ0) is 18.6. The molecule has 1 aromatic heterocycles. The molecule has 7 heteroatoms. The molecular weight excluding hydrogens is 318 g/mol. The first-order valence-corrected chi connectivity index (χ1v) is 9.32. The van der Waals surface area contributed by atoms with Crippen LogP contribution < -0.4 is 9.80 Å². The SMILES string of the molecule is CC(C)CN(CC(C)C)c1ncnc(N2CCCCC2C)c1[N+](=O)[O-]. The molecule has 140 valence electrons. The smallest absolute Gasteiger partial charge is 0.350 e. The van der Waals surface area contributed by atoms with E-state index in [-0.39, 0.29) is 16.7 Å². The Labute approximate surface area is 150 Å². The highest BCUT2D eigenvalue weighted by Crippen LogP contribution is 2.37. The van der Waals surface area contributed by atoms with E-state index in [0.29, 0.717) is 23.5 Å². The van der Waals surface area contributed by atoms with Crippen molar-refractivity contribution in [1.29, 1.82) is 0 Å². The third-order valence-electron chi connectivity index (χ3n) is 4.51. The Hall–Kier alpha value is -1.92. The Kier molecular flexibility index (Phi) is 6.56. The van der Waals surface area contributed by atoms with E-state index >= 15 is 0 Å². The molecule has 1 fully saturated rings. The number of nitrogens with zero attached hydrogens (tertiary/aromatic N) is 5. The molecule has 0 bridgehead atoms. The van der Waals surface area contributed by atoms with Crippen molar-refractivity contribution >= 4 is 17.3 Å². The van der Waals surface area contributed by atoms with Gasteiger partial charge >= 0.3 is 5.69 Å². The van der Waals surface area contributed by atoms with Gasteiger partial charge in [-0.3, -0.25) is 10.1 Å². The zero-order valence-corrected chi connectivity index (χ0v) is 16.1. The summed E-state index contributed by atoms with van der Waals surface area (Å²) >= 11 is 0. The molecular formula is C18H31N5O2. The quantitative estimate of drug-likeness (QED) is 0.549. The fraction of sp³-hybridized carbons (Fsp3) is 0.778. The summed E-state index contributed by atoms with van der Waals surface area (Å²) in [4.78, 5) is 24.4. The first kappa shape index (κ1) is 19.4. The summed E-state index contributed by atoms with van der Waals surface area (Å²) in [5, 5.41) is 11.9. The van der Waals surface area contributed by atoms with Crippen LogP contribution in [0.25, 0.3) is 0 Å². The molecule has 2 heterocycles. The minimum atomic E-state index is -0.306. The third kappa shape index (κ3) is 4.80. The lowest BCUT2D eigenvalue weighted by Gasteiger charge is -2.34. The molecule has 0 N–H and O–H groups in total. The maximum absolute atomic E-state index is 11.9. The molecule has 2 rings (SSSR count). The average Bonchev–Trinajstić information content (AvgIpc) is 2.53. The standard InChI is InChI=1S/C18H31N5O2/c1-13(2)10-21(11-14(3)4)17-16(23(24)25)18(20-12-19-17)22-9-7-6-8-15(22)5/h12-15H,6-11H2,1-5H3. The molecule has 1 saturated heterocycles. The number of hydrogen-bond acceptors (Lipinski definition) is 6. The van der Waals surface area contributed by atoms with Gasteiger partial charge in [0.1, 0.15) is 6.33 Å². The maximum atomic E-state index is 11.9. The average molecular weight is 349 g/mol. The molecule has 0 aliphatic carbocycles. The molecule has 0 spiro atoms. The van der Waals surface area contributed by atoms with Crippen LogP contribution in [0.15, 0.2) is 6.33 Å². The van der Waals surface area contributed by atoms with Gasteiger partial charge in [-0.2, -0.15) is 0 Å². The zero-order valence-electron chi connectivity index (χ0n) is 16.1. The topological polar surface area (TPSA) is 75.4 Å². The molecule has 1 unspecified atom stereocenters. The van der Waals surface area contributed by atoms with Crippen molar-refractivity contribution in [3.05, 3.63) is 16.4 Å². The Bertz CT molecular complexity index is 581. The van der Waals surface area contributed by atoms with E-state index in [2.05, 4.69) is 49.5 Å². The second-order valence-corrected chi connectivity index (χ2v) is 7.86. The Balaban J connectivity index is 2.49. The van der Waals surface area contributed by atoms with E-state index in [1.165, 1.54) is 6.33 Å². The van der Waals surface area contributed by atoms with Crippen LogP contribution in [0.3, 0.4) is 0 Å². The van der Waals surface area contributed by atoms with Gasteiger partial charge < -0.3 is 9.80 Å². The van der Waals surface area contributed by atoms with Crippen LogP contribution in [0.1, 0.15) is 53.9 Å². The first-order valence-electron chi connectivity index (χ1n) is 9.32. The fourth-order valence-corrected chi connectivity index (χ4v) is 3.51. The van der Waals surface area contributed by atoms with Crippen LogP contribution in [0, 0.1) is 22.0 Å². The van der Waals surface area contributed by atoms with Gasteiger partial charge in [0.2, 0.25) is 11.6 Å². The number of nitro groups is 1. The molecule has 1 atom stereocenters. The summed E-state index contributed by atoms with van der Waals surface area (Å²) < 4.78 is 0. The maximum Gasteiger partial charge on any atom is 0.353 e. The monoisotopic (exact) mass is 349 g/mol. The molecule has 1 aliphatic heterocycles. The van der Waals surface area contributed by atoms with Crippen molar-refractivity contribution in [1.82, 2.24) is 9.97 Å². The van der Waals surface area contributed by atoms with Gasteiger partial charge in [0.15, 0.2) is 0 Å². The highest BCUT2D eigenvalue weighted by Gasteiger charge is 2.33. The Morgan fingerprint density at radius 1 is 1.24 bits per heavy atom. The van der Waals surface area contributed by atoms with E-state index in [9.17, 15) is 10.1 Å². The summed E-state index contributed by atoms with van der Waals surface area (Å²) in [5.74, 6) is 1.71. The summed E-state index contributed by atoms with van der Waals surface area (Å²) in [5.41, 5.74) is 0.0533. The lowest BCUT2D eigenvalue weighted by Crippen LogP contribution is -2.39. The van der Waals surface area contributed by atoms with Crippen molar-refractivity contribution in [2.24, 2.45) is 11.8 Å². The highest BCUT2D eigenvalue weighted by molar-refractivity contribution is 5.71. The van der Waals surface area contributed by atoms with Gasteiger partial charge in [-0.15, -0.1) is 0 Å².